The maximum atomic E-state index is 13.3. The summed E-state index contributed by atoms with van der Waals surface area (Å²) in [5.74, 6) is 0.508. The highest BCUT2D eigenvalue weighted by atomic mass is 35.5. The minimum atomic E-state index is -0.269. The number of rotatable bonds is 7. The smallest absolute Gasteiger partial charge is 0.227 e. The van der Waals surface area contributed by atoms with Gasteiger partial charge in [-0.1, -0.05) is 5.16 Å². The van der Waals surface area contributed by atoms with Crippen LogP contribution in [0.5, 0.6) is 0 Å². The van der Waals surface area contributed by atoms with Gasteiger partial charge in [-0.25, -0.2) is 4.39 Å². The Bertz CT molecular complexity index is 749. The predicted octanol–water partition coefficient (Wildman–Crippen LogP) is 1.56. The quantitative estimate of drug-likeness (QED) is 0.737. The third kappa shape index (κ3) is 6.27. The summed E-state index contributed by atoms with van der Waals surface area (Å²) in [6, 6.07) is 4.67. The van der Waals surface area contributed by atoms with Crippen LogP contribution < -0.4 is 10.6 Å². The third-order valence-electron chi connectivity index (χ3n) is 4.41. The summed E-state index contributed by atoms with van der Waals surface area (Å²) in [7, 11) is 0. The maximum absolute atomic E-state index is 13.3. The van der Waals surface area contributed by atoms with Crippen LogP contribution in [0.25, 0.3) is 11.4 Å². The average Bonchev–Trinajstić information content (AvgIpc) is 3.12. The van der Waals surface area contributed by atoms with Gasteiger partial charge in [-0.2, -0.15) is 4.98 Å². The van der Waals surface area contributed by atoms with E-state index in [1.807, 2.05) is 0 Å². The summed E-state index contributed by atoms with van der Waals surface area (Å²) < 4.78 is 18.5. The number of amides is 1. The van der Waals surface area contributed by atoms with Crippen molar-refractivity contribution < 1.29 is 13.7 Å². The van der Waals surface area contributed by atoms with Crippen LogP contribution in [0, 0.1) is 12.7 Å². The molecule has 1 fully saturated rings. The van der Waals surface area contributed by atoms with Gasteiger partial charge >= 0.3 is 0 Å². The van der Waals surface area contributed by atoms with Crippen LogP contribution >= 0.6 is 12.4 Å². The van der Waals surface area contributed by atoms with Crippen molar-refractivity contribution in [2.75, 3.05) is 39.3 Å². The van der Waals surface area contributed by atoms with E-state index >= 15 is 0 Å². The number of piperazine rings is 1. The van der Waals surface area contributed by atoms with Crippen molar-refractivity contribution in [3.05, 3.63) is 35.5 Å². The van der Waals surface area contributed by atoms with Crippen molar-refractivity contribution in [3.63, 3.8) is 0 Å². The first-order valence-electron chi connectivity index (χ1n) is 8.91. The van der Waals surface area contributed by atoms with Gasteiger partial charge in [0.2, 0.25) is 17.6 Å². The van der Waals surface area contributed by atoms with Gasteiger partial charge in [0.25, 0.3) is 0 Å². The van der Waals surface area contributed by atoms with E-state index < -0.39 is 0 Å². The normalized spacial score (nSPS) is 14.6. The topological polar surface area (TPSA) is 83.3 Å². The van der Waals surface area contributed by atoms with Crippen molar-refractivity contribution in [2.24, 2.45) is 0 Å². The van der Waals surface area contributed by atoms with E-state index in [-0.39, 0.29) is 24.1 Å². The van der Waals surface area contributed by atoms with E-state index in [0.29, 0.717) is 42.2 Å². The Kier molecular flexibility index (Phi) is 8.15. The highest BCUT2D eigenvalue weighted by molar-refractivity contribution is 5.85. The van der Waals surface area contributed by atoms with E-state index in [1.54, 1.807) is 19.1 Å². The van der Waals surface area contributed by atoms with E-state index in [4.69, 9.17) is 4.52 Å². The minimum Gasteiger partial charge on any atom is -0.355 e. The van der Waals surface area contributed by atoms with Crippen molar-refractivity contribution in [1.29, 1.82) is 0 Å². The number of aromatic nitrogens is 2. The zero-order chi connectivity index (χ0) is 18.4. The van der Waals surface area contributed by atoms with E-state index in [2.05, 4.69) is 25.7 Å². The average molecular weight is 398 g/mol. The van der Waals surface area contributed by atoms with Crippen LogP contribution in [0.2, 0.25) is 0 Å². The lowest BCUT2D eigenvalue weighted by atomic mass is 10.1. The largest absolute Gasteiger partial charge is 0.355 e. The van der Waals surface area contributed by atoms with Crippen LogP contribution in [-0.2, 0) is 11.2 Å². The van der Waals surface area contributed by atoms with Gasteiger partial charge in [0, 0.05) is 57.7 Å². The molecule has 0 unspecified atom stereocenters. The molecule has 1 aliphatic rings. The maximum Gasteiger partial charge on any atom is 0.227 e. The fraction of sp³-hybridized carbons (Fsp3) is 0.500. The summed E-state index contributed by atoms with van der Waals surface area (Å²) in [5.41, 5.74) is 1.22. The van der Waals surface area contributed by atoms with Crippen LogP contribution in [0.3, 0.4) is 0 Å². The molecule has 3 rings (SSSR count). The minimum absolute atomic E-state index is 0. The van der Waals surface area contributed by atoms with E-state index in [0.717, 1.165) is 32.7 Å². The first kappa shape index (κ1) is 21.3. The summed E-state index contributed by atoms with van der Waals surface area (Å²) in [5, 5.41) is 10.1. The van der Waals surface area contributed by atoms with Gasteiger partial charge in [0.1, 0.15) is 5.82 Å². The molecule has 1 saturated heterocycles. The number of aryl methyl sites for hydroxylation is 2. The van der Waals surface area contributed by atoms with Crippen LogP contribution in [0.15, 0.2) is 22.7 Å². The van der Waals surface area contributed by atoms with Gasteiger partial charge in [-0.05, 0) is 30.7 Å². The molecule has 1 amide bonds. The number of nitrogens with one attached hydrogen (secondary N) is 2. The molecule has 1 aromatic heterocycles. The van der Waals surface area contributed by atoms with Crippen LogP contribution in [0.4, 0.5) is 4.39 Å². The first-order chi connectivity index (χ1) is 12.6. The van der Waals surface area contributed by atoms with Gasteiger partial charge in [0.15, 0.2) is 0 Å². The molecule has 2 N–H and O–H groups in total. The third-order valence-corrected chi connectivity index (χ3v) is 4.41. The van der Waals surface area contributed by atoms with Gasteiger partial charge < -0.3 is 15.2 Å². The Hall–Kier alpha value is -2.03. The van der Waals surface area contributed by atoms with Crippen molar-refractivity contribution >= 4 is 18.3 Å². The molecule has 0 bridgehead atoms. The number of carbonyl (C=O) groups excluding carboxylic acids is 1. The second-order valence-corrected chi connectivity index (χ2v) is 6.42. The first-order valence-corrected chi connectivity index (χ1v) is 8.91. The molecule has 0 atom stereocenters. The number of hydrogen-bond acceptors (Lipinski definition) is 6. The molecule has 1 aliphatic heterocycles. The van der Waals surface area contributed by atoms with Gasteiger partial charge in [-0.3, -0.25) is 9.69 Å². The standard InChI is InChI=1S/C18H24FN5O2.ClH/c1-13-12-14(2-3-15(13)19)18-22-17(26-23-18)5-4-16(25)21-8-11-24-9-6-20-7-10-24;/h2-3,12,20H,4-11H2,1H3,(H,21,25);1H. The zero-order valence-electron chi connectivity index (χ0n) is 15.3. The second kappa shape index (κ2) is 10.3. The number of halogens is 2. The second-order valence-electron chi connectivity index (χ2n) is 6.42. The molecular formula is C18H25ClFN5O2. The lowest BCUT2D eigenvalue weighted by molar-refractivity contribution is -0.121. The fourth-order valence-electron chi connectivity index (χ4n) is 2.85. The Labute approximate surface area is 164 Å². The van der Waals surface area contributed by atoms with Crippen molar-refractivity contribution in [1.82, 2.24) is 25.7 Å². The number of hydrogen-bond donors (Lipinski definition) is 2. The Morgan fingerprint density at radius 3 is 2.89 bits per heavy atom. The Morgan fingerprint density at radius 2 is 2.15 bits per heavy atom. The van der Waals surface area contributed by atoms with E-state index in [1.165, 1.54) is 6.07 Å². The Morgan fingerprint density at radius 1 is 1.37 bits per heavy atom. The number of carbonyl (C=O) groups is 1. The SMILES string of the molecule is Cc1cc(-c2noc(CCC(=O)NCCN3CCNCC3)n2)ccc1F.Cl. The Balaban J connectivity index is 0.00000261. The molecule has 0 radical (unpaired) electrons. The number of benzene rings is 1. The van der Waals surface area contributed by atoms with Crippen LogP contribution in [-0.4, -0.2) is 60.2 Å². The fourth-order valence-corrected chi connectivity index (χ4v) is 2.85. The molecule has 9 heteroatoms. The van der Waals surface area contributed by atoms with Crippen molar-refractivity contribution in [2.45, 2.75) is 19.8 Å². The molecular weight excluding hydrogens is 373 g/mol. The summed E-state index contributed by atoms with van der Waals surface area (Å²) >= 11 is 0. The molecule has 0 aliphatic carbocycles. The number of nitrogens with zero attached hydrogens (tertiary/aromatic N) is 3. The molecule has 148 valence electrons. The predicted molar refractivity (Wildman–Crippen MR) is 102 cm³/mol. The highest BCUT2D eigenvalue weighted by Gasteiger charge is 2.13. The molecule has 0 spiro atoms. The molecule has 2 aromatic rings. The van der Waals surface area contributed by atoms with Crippen molar-refractivity contribution in [3.8, 4) is 11.4 Å². The monoisotopic (exact) mass is 397 g/mol. The van der Waals surface area contributed by atoms with Gasteiger partial charge in [0.05, 0.1) is 0 Å². The van der Waals surface area contributed by atoms with Gasteiger partial charge in [-0.15, -0.1) is 12.4 Å². The summed E-state index contributed by atoms with van der Waals surface area (Å²) in [4.78, 5) is 18.6. The molecule has 2 heterocycles. The zero-order valence-corrected chi connectivity index (χ0v) is 16.1. The lowest BCUT2D eigenvalue weighted by Crippen LogP contribution is -2.46. The molecule has 7 nitrogen and oxygen atoms in total. The molecule has 1 aromatic carbocycles. The summed E-state index contributed by atoms with van der Waals surface area (Å²) in [6.45, 7) is 7.23. The highest BCUT2D eigenvalue weighted by Crippen LogP contribution is 2.19. The molecule has 0 saturated carbocycles. The van der Waals surface area contributed by atoms with E-state index in [9.17, 15) is 9.18 Å². The lowest BCUT2D eigenvalue weighted by Gasteiger charge is -2.27. The molecule has 27 heavy (non-hydrogen) atoms. The summed E-state index contributed by atoms with van der Waals surface area (Å²) in [6.07, 6.45) is 0.679. The van der Waals surface area contributed by atoms with Crippen LogP contribution in [0.1, 0.15) is 17.9 Å².